The topological polar surface area (TPSA) is 78.3 Å². The van der Waals surface area contributed by atoms with Crippen LogP contribution in [0.4, 0.5) is 0 Å². The van der Waals surface area contributed by atoms with Crippen molar-refractivity contribution in [3.8, 4) is 0 Å². The molecule has 25 heavy (non-hydrogen) atoms. The molecule has 1 aliphatic carbocycles. The van der Waals surface area contributed by atoms with Gasteiger partial charge in [-0.15, -0.1) is 0 Å². The van der Waals surface area contributed by atoms with Crippen molar-refractivity contribution >= 4 is 17.7 Å². The van der Waals surface area contributed by atoms with E-state index in [1.165, 1.54) is 11.6 Å². The van der Waals surface area contributed by atoms with Crippen LogP contribution in [-0.4, -0.2) is 33.0 Å². The molecule has 2 heterocycles. The lowest BCUT2D eigenvalue weighted by molar-refractivity contribution is -0.178. The minimum absolute atomic E-state index is 0.0176. The van der Waals surface area contributed by atoms with Gasteiger partial charge in [0.25, 0.3) is 0 Å². The first-order chi connectivity index (χ1) is 11.8. The summed E-state index contributed by atoms with van der Waals surface area (Å²) in [4.78, 5) is 35.8. The number of cyclic esters (lactones) is 1. The number of ketones is 1. The van der Waals surface area contributed by atoms with Gasteiger partial charge >= 0.3 is 5.97 Å². The van der Waals surface area contributed by atoms with Crippen LogP contribution in [0.15, 0.2) is 0 Å². The van der Waals surface area contributed by atoms with Crippen LogP contribution in [0.2, 0.25) is 0 Å². The number of Topliss-reactive ketones (excluding diaryl/α,β-unsaturated/α-hetero) is 1. The fourth-order valence-corrected chi connectivity index (χ4v) is 4.56. The molecule has 2 aliphatic rings. The van der Waals surface area contributed by atoms with Crippen LogP contribution in [0.25, 0.3) is 0 Å². The van der Waals surface area contributed by atoms with E-state index in [1.54, 1.807) is 0 Å². The molecule has 1 aliphatic heterocycles. The Morgan fingerprint density at radius 2 is 1.96 bits per heavy atom. The van der Waals surface area contributed by atoms with E-state index in [0.29, 0.717) is 19.3 Å². The van der Waals surface area contributed by atoms with Crippen molar-refractivity contribution in [2.75, 3.05) is 0 Å². The van der Waals surface area contributed by atoms with E-state index in [4.69, 9.17) is 4.74 Å². The summed E-state index contributed by atoms with van der Waals surface area (Å²) in [5.74, 6) is -0.271. The van der Waals surface area contributed by atoms with Gasteiger partial charge in [-0.25, -0.2) is 4.68 Å². The van der Waals surface area contributed by atoms with Crippen LogP contribution in [0.5, 0.6) is 0 Å². The van der Waals surface area contributed by atoms with E-state index in [-0.39, 0.29) is 24.0 Å². The molecule has 0 radical (unpaired) electrons. The summed E-state index contributed by atoms with van der Waals surface area (Å²) in [7, 11) is 0. The summed E-state index contributed by atoms with van der Waals surface area (Å²) in [6, 6.07) is 0. The van der Waals surface area contributed by atoms with E-state index < -0.39 is 11.6 Å². The summed E-state index contributed by atoms with van der Waals surface area (Å²) >= 11 is 0. The van der Waals surface area contributed by atoms with Gasteiger partial charge in [-0.2, -0.15) is 5.10 Å². The number of hydrogen-bond acceptors (Lipinski definition) is 5. The highest BCUT2D eigenvalue weighted by Gasteiger charge is 2.47. The van der Waals surface area contributed by atoms with Crippen molar-refractivity contribution in [3.05, 3.63) is 17.0 Å². The zero-order chi connectivity index (χ0) is 18.2. The second-order valence-electron chi connectivity index (χ2n) is 7.49. The van der Waals surface area contributed by atoms with Gasteiger partial charge < -0.3 is 4.74 Å². The smallest absolute Gasteiger partial charge is 0.313 e. The molecule has 0 bridgehead atoms. The third-order valence-corrected chi connectivity index (χ3v) is 5.79. The molecule has 1 saturated carbocycles. The summed E-state index contributed by atoms with van der Waals surface area (Å²) in [6.45, 7) is 5.27. The average Bonchev–Trinajstić information content (AvgIpc) is 3.14. The van der Waals surface area contributed by atoms with Crippen molar-refractivity contribution in [2.24, 2.45) is 5.92 Å². The lowest BCUT2D eigenvalue weighted by atomic mass is 9.76. The SMILES string of the molecule is CC(=O)n1nc(C)c(CCC2(C3CCCC3)CC(=O)CC(=O)O2)c1C. The number of nitrogens with zero attached hydrogens (tertiary/aromatic N) is 2. The molecule has 1 atom stereocenters. The molecule has 3 rings (SSSR count). The van der Waals surface area contributed by atoms with Crippen LogP contribution in [0.1, 0.15) is 73.6 Å². The first kappa shape index (κ1) is 17.8. The Bertz CT molecular complexity index is 697. The van der Waals surface area contributed by atoms with Crippen molar-refractivity contribution in [1.82, 2.24) is 9.78 Å². The molecule has 6 heteroatoms. The molecule has 0 aromatic carbocycles. The lowest BCUT2D eigenvalue weighted by Crippen LogP contribution is -2.48. The number of aryl methyl sites for hydroxylation is 1. The average molecular weight is 346 g/mol. The highest BCUT2D eigenvalue weighted by molar-refractivity contribution is 5.98. The largest absolute Gasteiger partial charge is 0.458 e. The molecule has 0 amide bonds. The van der Waals surface area contributed by atoms with Crippen LogP contribution in [0.3, 0.4) is 0 Å². The normalized spacial score (nSPS) is 24.6. The molecular weight excluding hydrogens is 320 g/mol. The predicted molar refractivity (Wildman–Crippen MR) is 91.3 cm³/mol. The lowest BCUT2D eigenvalue weighted by Gasteiger charge is -2.41. The van der Waals surface area contributed by atoms with E-state index in [2.05, 4.69) is 5.10 Å². The Morgan fingerprint density at radius 3 is 2.52 bits per heavy atom. The Morgan fingerprint density at radius 1 is 1.28 bits per heavy atom. The Labute approximate surface area is 147 Å². The number of esters is 1. The third kappa shape index (κ3) is 3.39. The Kier molecular flexibility index (Phi) is 4.80. The number of carbonyl (C=O) groups excluding carboxylic acids is 3. The van der Waals surface area contributed by atoms with Gasteiger partial charge in [-0.05, 0) is 51.0 Å². The molecule has 136 valence electrons. The maximum Gasteiger partial charge on any atom is 0.313 e. The van der Waals surface area contributed by atoms with E-state index in [0.717, 1.165) is 42.6 Å². The molecule has 1 saturated heterocycles. The molecule has 1 aromatic rings. The van der Waals surface area contributed by atoms with Crippen LogP contribution in [-0.2, 0) is 20.7 Å². The van der Waals surface area contributed by atoms with Crippen LogP contribution in [0, 0.1) is 19.8 Å². The Hall–Kier alpha value is -1.98. The number of hydrogen-bond donors (Lipinski definition) is 0. The summed E-state index contributed by atoms with van der Waals surface area (Å²) in [6.07, 6.45) is 5.74. The van der Waals surface area contributed by atoms with Gasteiger partial charge in [0.1, 0.15) is 17.8 Å². The highest BCUT2D eigenvalue weighted by atomic mass is 16.6. The zero-order valence-corrected chi connectivity index (χ0v) is 15.3. The number of rotatable bonds is 4. The molecule has 0 N–H and O–H groups in total. The molecule has 1 unspecified atom stereocenters. The molecule has 2 fully saturated rings. The number of ether oxygens (including phenoxy) is 1. The van der Waals surface area contributed by atoms with Crippen LogP contribution < -0.4 is 0 Å². The fourth-order valence-electron chi connectivity index (χ4n) is 4.56. The fraction of sp³-hybridized carbons (Fsp3) is 0.684. The maximum absolute atomic E-state index is 12.1. The maximum atomic E-state index is 12.1. The van der Waals surface area contributed by atoms with Gasteiger partial charge in [0.05, 0.1) is 5.69 Å². The van der Waals surface area contributed by atoms with Gasteiger partial charge in [0.15, 0.2) is 0 Å². The van der Waals surface area contributed by atoms with Crippen molar-refractivity contribution < 1.29 is 19.1 Å². The van der Waals surface area contributed by atoms with Gasteiger partial charge in [0.2, 0.25) is 5.91 Å². The first-order valence-electron chi connectivity index (χ1n) is 9.12. The highest BCUT2D eigenvalue weighted by Crippen LogP contribution is 2.44. The molecule has 0 spiro atoms. The second kappa shape index (κ2) is 6.73. The minimum Gasteiger partial charge on any atom is -0.458 e. The summed E-state index contributed by atoms with van der Waals surface area (Å²) < 4.78 is 7.25. The summed E-state index contributed by atoms with van der Waals surface area (Å²) in [5.41, 5.74) is 1.99. The van der Waals surface area contributed by atoms with Crippen molar-refractivity contribution in [2.45, 2.75) is 77.7 Å². The van der Waals surface area contributed by atoms with Crippen molar-refractivity contribution in [3.63, 3.8) is 0 Å². The van der Waals surface area contributed by atoms with Gasteiger partial charge in [0, 0.05) is 19.0 Å². The third-order valence-electron chi connectivity index (χ3n) is 5.79. The van der Waals surface area contributed by atoms with E-state index in [9.17, 15) is 14.4 Å². The van der Waals surface area contributed by atoms with E-state index in [1.807, 2.05) is 13.8 Å². The first-order valence-corrected chi connectivity index (χ1v) is 9.12. The quantitative estimate of drug-likeness (QED) is 0.619. The van der Waals surface area contributed by atoms with Gasteiger partial charge in [-0.3, -0.25) is 14.4 Å². The predicted octanol–water partition coefficient (Wildman–Crippen LogP) is 2.93. The zero-order valence-electron chi connectivity index (χ0n) is 15.3. The Balaban J connectivity index is 1.86. The minimum atomic E-state index is -0.680. The summed E-state index contributed by atoms with van der Waals surface area (Å²) in [5, 5.41) is 4.32. The second-order valence-corrected chi connectivity index (χ2v) is 7.49. The molecule has 1 aromatic heterocycles. The van der Waals surface area contributed by atoms with Crippen molar-refractivity contribution in [1.29, 1.82) is 0 Å². The number of aromatic nitrogens is 2. The molecular formula is C19H26N2O4. The standard InChI is InChI=1S/C19H26N2O4/c1-12-17(13(2)21(20-12)14(3)22)8-9-19(15-6-4-5-7-15)11-16(23)10-18(24)25-19/h15H,4-11H2,1-3H3. The molecule has 6 nitrogen and oxygen atoms in total. The monoisotopic (exact) mass is 346 g/mol. The van der Waals surface area contributed by atoms with Crippen LogP contribution >= 0.6 is 0 Å². The number of carbonyl (C=O) groups is 3. The van der Waals surface area contributed by atoms with Gasteiger partial charge in [-0.1, -0.05) is 12.8 Å². The van der Waals surface area contributed by atoms with E-state index >= 15 is 0 Å².